The van der Waals surface area contributed by atoms with Gasteiger partial charge in [0, 0.05) is 38.3 Å². The third-order valence-electron chi connectivity index (χ3n) is 5.04. The highest BCUT2D eigenvalue weighted by Gasteiger charge is 2.23. The van der Waals surface area contributed by atoms with Crippen LogP contribution in [0.1, 0.15) is 35.4 Å². The molecule has 1 fully saturated rings. The molecule has 1 saturated heterocycles. The highest BCUT2D eigenvalue weighted by molar-refractivity contribution is 5.92. The van der Waals surface area contributed by atoms with E-state index >= 15 is 0 Å². The molecule has 28 heavy (non-hydrogen) atoms. The van der Waals surface area contributed by atoms with Crippen molar-refractivity contribution >= 4 is 5.91 Å². The quantitative estimate of drug-likeness (QED) is 0.746. The number of nitrogens with zero attached hydrogens (tertiary/aromatic N) is 5. The van der Waals surface area contributed by atoms with Gasteiger partial charge in [0.1, 0.15) is 5.69 Å². The Bertz CT molecular complexity index is 951. The van der Waals surface area contributed by atoms with Crippen LogP contribution in [0.25, 0.3) is 0 Å². The standard InChI is InChI=1S/C19H26N6O3/c1-14-6-8-18(27)25(21-14)12-11-24-10-4-3-5-15(24)13-20-19(28)16-7-9-17(26)23(2)22-16/h6-9,15H,3-5,10-13H2,1-2H3,(H,20,28). The molecule has 1 aliphatic rings. The summed E-state index contributed by atoms with van der Waals surface area (Å²) in [4.78, 5) is 38.0. The number of aromatic nitrogens is 4. The Morgan fingerprint density at radius 3 is 2.68 bits per heavy atom. The lowest BCUT2D eigenvalue weighted by molar-refractivity contribution is 0.0902. The number of nitrogens with one attached hydrogen (secondary N) is 1. The zero-order chi connectivity index (χ0) is 20.1. The van der Waals surface area contributed by atoms with Crippen molar-refractivity contribution in [1.82, 2.24) is 29.8 Å². The van der Waals surface area contributed by atoms with Crippen molar-refractivity contribution in [3.63, 3.8) is 0 Å². The van der Waals surface area contributed by atoms with Crippen LogP contribution in [0.2, 0.25) is 0 Å². The summed E-state index contributed by atoms with van der Waals surface area (Å²) in [6, 6.07) is 6.22. The third kappa shape index (κ3) is 4.92. The first-order valence-electron chi connectivity index (χ1n) is 9.55. The van der Waals surface area contributed by atoms with E-state index in [9.17, 15) is 14.4 Å². The molecule has 1 amide bonds. The number of piperidine rings is 1. The average molecular weight is 386 g/mol. The maximum atomic E-state index is 12.4. The third-order valence-corrected chi connectivity index (χ3v) is 5.04. The zero-order valence-electron chi connectivity index (χ0n) is 16.3. The number of carbonyl (C=O) groups excluding carboxylic acids is 1. The number of likely N-dealkylation sites (tertiary alicyclic amines) is 1. The summed E-state index contributed by atoms with van der Waals surface area (Å²) < 4.78 is 2.64. The first-order valence-corrected chi connectivity index (χ1v) is 9.55. The molecular weight excluding hydrogens is 360 g/mol. The van der Waals surface area contributed by atoms with Crippen LogP contribution >= 0.6 is 0 Å². The highest BCUT2D eigenvalue weighted by atomic mass is 16.2. The largest absolute Gasteiger partial charge is 0.349 e. The van der Waals surface area contributed by atoms with Crippen molar-refractivity contribution in [3.05, 3.63) is 56.4 Å². The van der Waals surface area contributed by atoms with E-state index in [0.29, 0.717) is 19.6 Å². The predicted molar refractivity (Wildman–Crippen MR) is 104 cm³/mol. The number of aryl methyl sites for hydroxylation is 2. The molecular formula is C19H26N6O3. The van der Waals surface area contributed by atoms with Crippen LogP contribution in [-0.2, 0) is 13.6 Å². The fourth-order valence-electron chi connectivity index (χ4n) is 3.44. The van der Waals surface area contributed by atoms with Gasteiger partial charge in [-0.1, -0.05) is 6.42 Å². The fourth-order valence-corrected chi connectivity index (χ4v) is 3.44. The van der Waals surface area contributed by atoms with Crippen molar-refractivity contribution < 1.29 is 4.79 Å². The van der Waals surface area contributed by atoms with E-state index in [1.54, 1.807) is 6.07 Å². The van der Waals surface area contributed by atoms with E-state index in [4.69, 9.17) is 0 Å². The average Bonchev–Trinajstić information content (AvgIpc) is 2.69. The molecule has 0 bridgehead atoms. The SMILES string of the molecule is Cc1ccc(=O)n(CCN2CCCCC2CNC(=O)c2ccc(=O)n(C)n2)n1. The minimum atomic E-state index is -0.294. The molecule has 1 aliphatic heterocycles. The first-order chi connectivity index (χ1) is 13.4. The van der Waals surface area contributed by atoms with Crippen LogP contribution in [0.15, 0.2) is 33.9 Å². The number of hydrogen-bond donors (Lipinski definition) is 1. The first kappa shape index (κ1) is 19.9. The lowest BCUT2D eigenvalue weighted by atomic mass is 10.0. The van der Waals surface area contributed by atoms with Crippen molar-refractivity contribution in [2.45, 2.75) is 38.8 Å². The molecule has 2 aromatic heterocycles. The lowest BCUT2D eigenvalue weighted by Gasteiger charge is -2.35. The Morgan fingerprint density at radius 1 is 1.11 bits per heavy atom. The second kappa shape index (κ2) is 8.92. The maximum absolute atomic E-state index is 12.4. The van der Waals surface area contributed by atoms with Gasteiger partial charge in [-0.15, -0.1) is 0 Å². The minimum absolute atomic E-state index is 0.103. The summed E-state index contributed by atoms with van der Waals surface area (Å²) in [5.74, 6) is -0.294. The summed E-state index contributed by atoms with van der Waals surface area (Å²) in [7, 11) is 1.52. The van der Waals surface area contributed by atoms with Crippen molar-refractivity contribution in [3.8, 4) is 0 Å². The second-order valence-electron chi connectivity index (χ2n) is 7.11. The molecule has 0 spiro atoms. The smallest absolute Gasteiger partial charge is 0.271 e. The Hall–Kier alpha value is -2.81. The van der Waals surface area contributed by atoms with Gasteiger partial charge in [-0.05, 0) is 38.4 Å². The summed E-state index contributed by atoms with van der Waals surface area (Å²) in [6.45, 7) is 4.52. The van der Waals surface area contributed by atoms with Crippen LogP contribution in [0.5, 0.6) is 0 Å². The van der Waals surface area contributed by atoms with Crippen molar-refractivity contribution in [2.75, 3.05) is 19.6 Å². The van der Waals surface area contributed by atoms with E-state index < -0.39 is 0 Å². The molecule has 9 nitrogen and oxygen atoms in total. The van der Waals surface area contributed by atoms with Crippen molar-refractivity contribution in [1.29, 1.82) is 0 Å². The zero-order valence-corrected chi connectivity index (χ0v) is 16.3. The van der Waals surface area contributed by atoms with E-state index in [-0.39, 0.29) is 28.8 Å². The molecule has 0 radical (unpaired) electrons. The number of rotatable bonds is 6. The summed E-state index contributed by atoms with van der Waals surface area (Å²) in [5, 5.41) is 11.2. The molecule has 1 N–H and O–H groups in total. The molecule has 9 heteroatoms. The highest BCUT2D eigenvalue weighted by Crippen LogP contribution is 2.16. The van der Waals surface area contributed by atoms with E-state index in [1.165, 1.54) is 29.9 Å². The summed E-state index contributed by atoms with van der Waals surface area (Å²) in [6.07, 6.45) is 3.19. The van der Waals surface area contributed by atoms with Gasteiger partial charge in [0.05, 0.1) is 12.2 Å². The maximum Gasteiger partial charge on any atom is 0.271 e. The molecule has 150 valence electrons. The Morgan fingerprint density at radius 2 is 1.89 bits per heavy atom. The van der Waals surface area contributed by atoms with Crippen LogP contribution in [0, 0.1) is 6.92 Å². The Labute approximate surface area is 163 Å². The van der Waals surface area contributed by atoms with Gasteiger partial charge in [0.2, 0.25) is 0 Å². The Kier molecular flexibility index (Phi) is 6.35. The number of hydrogen-bond acceptors (Lipinski definition) is 6. The van der Waals surface area contributed by atoms with Gasteiger partial charge in [0.25, 0.3) is 17.0 Å². The van der Waals surface area contributed by atoms with Crippen LogP contribution in [0.4, 0.5) is 0 Å². The van der Waals surface area contributed by atoms with Crippen LogP contribution in [-0.4, -0.2) is 56.0 Å². The molecule has 0 aromatic carbocycles. The van der Waals surface area contributed by atoms with E-state index in [1.807, 2.05) is 6.92 Å². The van der Waals surface area contributed by atoms with E-state index in [2.05, 4.69) is 20.4 Å². The predicted octanol–water partition coefficient (Wildman–Crippen LogP) is -0.0701. The van der Waals surface area contributed by atoms with E-state index in [0.717, 1.165) is 36.2 Å². The molecule has 0 saturated carbocycles. The summed E-state index contributed by atoms with van der Waals surface area (Å²) in [5.41, 5.74) is 0.676. The van der Waals surface area contributed by atoms with Crippen LogP contribution < -0.4 is 16.4 Å². The van der Waals surface area contributed by atoms with Gasteiger partial charge in [-0.2, -0.15) is 10.2 Å². The number of carbonyl (C=O) groups is 1. The van der Waals surface area contributed by atoms with Crippen LogP contribution in [0.3, 0.4) is 0 Å². The molecule has 3 heterocycles. The Balaban J connectivity index is 1.59. The minimum Gasteiger partial charge on any atom is -0.349 e. The topological polar surface area (TPSA) is 102 Å². The lowest BCUT2D eigenvalue weighted by Crippen LogP contribution is -2.48. The summed E-state index contributed by atoms with van der Waals surface area (Å²) >= 11 is 0. The molecule has 1 atom stereocenters. The normalized spacial score (nSPS) is 17.4. The molecule has 1 unspecified atom stereocenters. The van der Waals surface area contributed by atoms with Gasteiger partial charge >= 0.3 is 0 Å². The fraction of sp³-hybridized carbons (Fsp3) is 0.526. The van der Waals surface area contributed by atoms with Gasteiger partial charge < -0.3 is 5.32 Å². The number of amides is 1. The van der Waals surface area contributed by atoms with Gasteiger partial charge in [0.15, 0.2) is 0 Å². The second-order valence-corrected chi connectivity index (χ2v) is 7.11. The van der Waals surface area contributed by atoms with Gasteiger partial charge in [-0.25, -0.2) is 9.36 Å². The monoisotopic (exact) mass is 386 g/mol. The van der Waals surface area contributed by atoms with Gasteiger partial charge in [-0.3, -0.25) is 19.3 Å². The molecule has 3 rings (SSSR count). The van der Waals surface area contributed by atoms with Crippen molar-refractivity contribution in [2.24, 2.45) is 7.05 Å². The molecule has 0 aliphatic carbocycles. The molecule has 2 aromatic rings.